The fourth-order valence-corrected chi connectivity index (χ4v) is 3.41. The maximum absolute atomic E-state index is 14.1. The Morgan fingerprint density at radius 1 is 1.14 bits per heavy atom. The second kappa shape index (κ2) is 8.69. The van der Waals surface area contributed by atoms with E-state index in [9.17, 15) is 13.2 Å². The molecule has 0 aliphatic carbocycles. The SMILES string of the molecule is Fc1ccccc1-n1nc(C(F)F)nc1OCC1CCN(Cc2ccco2)CC1. The first-order chi connectivity index (χ1) is 14.1. The molecule has 0 N–H and O–H groups in total. The van der Waals surface area contributed by atoms with Crippen molar-refractivity contribution < 1.29 is 22.3 Å². The predicted octanol–water partition coefficient (Wildman–Crippen LogP) is 4.23. The number of aromatic nitrogens is 3. The average molecular weight is 406 g/mol. The molecule has 9 heteroatoms. The Labute approximate surface area is 165 Å². The molecule has 4 rings (SSSR count). The Hall–Kier alpha value is -2.81. The molecular formula is C20H21F3N4O2. The van der Waals surface area contributed by atoms with Crippen molar-refractivity contribution in [3.8, 4) is 11.7 Å². The lowest BCUT2D eigenvalue weighted by Crippen LogP contribution is -2.35. The van der Waals surface area contributed by atoms with Crippen LogP contribution in [-0.4, -0.2) is 39.4 Å². The van der Waals surface area contributed by atoms with Gasteiger partial charge in [0.2, 0.25) is 5.82 Å². The minimum Gasteiger partial charge on any atom is -0.468 e. The minimum absolute atomic E-state index is 0.0233. The number of alkyl halides is 2. The number of rotatable bonds is 7. The van der Waals surface area contributed by atoms with Gasteiger partial charge in [0.1, 0.15) is 17.3 Å². The molecule has 0 radical (unpaired) electrons. The first kappa shape index (κ1) is 19.5. The molecule has 0 unspecified atom stereocenters. The number of hydrogen-bond acceptors (Lipinski definition) is 5. The zero-order valence-electron chi connectivity index (χ0n) is 15.7. The highest BCUT2D eigenvalue weighted by Gasteiger charge is 2.24. The van der Waals surface area contributed by atoms with Gasteiger partial charge in [0.05, 0.1) is 19.4 Å². The third-order valence-electron chi connectivity index (χ3n) is 4.98. The summed E-state index contributed by atoms with van der Waals surface area (Å²) in [5, 5.41) is 3.73. The van der Waals surface area contributed by atoms with E-state index in [-0.39, 0.29) is 17.6 Å². The summed E-state index contributed by atoms with van der Waals surface area (Å²) in [6, 6.07) is 9.49. The molecule has 1 aromatic carbocycles. The standard InChI is InChI=1S/C20H21F3N4O2/c21-16-5-1-2-6-17(16)27-20(24-19(25-27)18(22)23)29-13-14-7-9-26(10-8-14)12-15-4-3-11-28-15/h1-6,11,14,18H,7-10,12-13H2. The highest BCUT2D eigenvalue weighted by molar-refractivity contribution is 5.34. The van der Waals surface area contributed by atoms with Gasteiger partial charge in [-0.05, 0) is 56.1 Å². The molecule has 0 saturated carbocycles. The summed E-state index contributed by atoms with van der Waals surface area (Å²) in [6.07, 6.45) is 0.595. The van der Waals surface area contributed by atoms with E-state index in [4.69, 9.17) is 9.15 Å². The van der Waals surface area contributed by atoms with Crippen LogP contribution in [-0.2, 0) is 6.54 Å². The number of nitrogens with zero attached hydrogens (tertiary/aromatic N) is 4. The summed E-state index contributed by atoms with van der Waals surface area (Å²) in [7, 11) is 0. The molecular weight excluding hydrogens is 385 g/mol. The Morgan fingerprint density at radius 3 is 2.62 bits per heavy atom. The van der Waals surface area contributed by atoms with Gasteiger partial charge in [-0.25, -0.2) is 13.2 Å². The first-order valence-electron chi connectivity index (χ1n) is 9.47. The van der Waals surface area contributed by atoms with Gasteiger partial charge in [0.25, 0.3) is 6.43 Å². The van der Waals surface area contributed by atoms with Gasteiger partial charge >= 0.3 is 6.01 Å². The maximum atomic E-state index is 14.1. The van der Waals surface area contributed by atoms with E-state index in [2.05, 4.69) is 15.0 Å². The van der Waals surface area contributed by atoms with Crippen LogP contribution in [0.25, 0.3) is 5.69 Å². The van der Waals surface area contributed by atoms with Crippen LogP contribution >= 0.6 is 0 Å². The van der Waals surface area contributed by atoms with Crippen molar-refractivity contribution in [1.29, 1.82) is 0 Å². The van der Waals surface area contributed by atoms with E-state index in [1.54, 1.807) is 12.3 Å². The van der Waals surface area contributed by atoms with Gasteiger partial charge in [-0.3, -0.25) is 4.90 Å². The van der Waals surface area contributed by atoms with Gasteiger partial charge in [-0.2, -0.15) is 9.67 Å². The lowest BCUT2D eigenvalue weighted by molar-refractivity contribution is 0.124. The van der Waals surface area contributed by atoms with Gasteiger partial charge in [-0.15, -0.1) is 5.10 Å². The molecule has 1 fully saturated rings. The van der Waals surface area contributed by atoms with E-state index in [1.807, 2.05) is 12.1 Å². The molecule has 0 spiro atoms. The summed E-state index contributed by atoms with van der Waals surface area (Å²) in [5.74, 6) is -0.0911. The number of likely N-dealkylation sites (tertiary alicyclic amines) is 1. The van der Waals surface area contributed by atoms with E-state index >= 15 is 0 Å². The van der Waals surface area contributed by atoms with Gasteiger partial charge < -0.3 is 9.15 Å². The van der Waals surface area contributed by atoms with Crippen LogP contribution < -0.4 is 4.74 Å². The van der Waals surface area contributed by atoms with Crippen molar-refractivity contribution in [3.63, 3.8) is 0 Å². The highest BCUT2D eigenvalue weighted by atomic mass is 19.3. The number of piperidine rings is 1. The molecule has 154 valence electrons. The van der Waals surface area contributed by atoms with E-state index < -0.39 is 18.1 Å². The molecule has 3 aromatic rings. The fourth-order valence-electron chi connectivity index (χ4n) is 3.41. The number of para-hydroxylation sites is 1. The van der Waals surface area contributed by atoms with Crippen molar-refractivity contribution in [2.24, 2.45) is 5.92 Å². The van der Waals surface area contributed by atoms with E-state index in [0.717, 1.165) is 42.9 Å². The lowest BCUT2D eigenvalue weighted by atomic mass is 9.98. The van der Waals surface area contributed by atoms with Gasteiger partial charge in [-0.1, -0.05) is 12.1 Å². The van der Waals surface area contributed by atoms with E-state index in [0.29, 0.717) is 6.61 Å². The maximum Gasteiger partial charge on any atom is 0.320 e. The molecule has 0 amide bonds. The van der Waals surface area contributed by atoms with Crippen molar-refractivity contribution in [2.75, 3.05) is 19.7 Å². The molecule has 0 bridgehead atoms. The van der Waals surface area contributed by atoms with Crippen LogP contribution in [0, 0.1) is 11.7 Å². The Kier molecular flexibility index (Phi) is 5.84. The predicted molar refractivity (Wildman–Crippen MR) is 98.5 cm³/mol. The molecule has 1 aliphatic rings. The van der Waals surface area contributed by atoms with Crippen molar-refractivity contribution in [2.45, 2.75) is 25.8 Å². The Balaban J connectivity index is 1.39. The second-order valence-electron chi connectivity index (χ2n) is 7.03. The summed E-state index contributed by atoms with van der Waals surface area (Å²) >= 11 is 0. The fraction of sp³-hybridized carbons (Fsp3) is 0.400. The summed E-state index contributed by atoms with van der Waals surface area (Å²) < 4.78 is 52.3. The largest absolute Gasteiger partial charge is 0.468 e. The summed E-state index contributed by atoms with van der Waals surface area (Å²) in [6.45, 7) is 2.85. The normalized spacial score (nSPS) is 15.9. The topological polar surface area (TPSA) is 56.3 Å². The number of ether oxygens (including phenoxy) is 1. The molecule has 3 heterocycles. The molecule has 0 atom stereocenters. The molecule has 2 aromatic heterocycles. The van der Waals surface area contributed by atoms with Crippen molar-refractivity contribution in [1.82, 2.24) is 19.7 Å². The summed E-state index contributed by atoms with van der Waals surface area (Å²) in [4.78, 5) is 6.06. The second-order valence-corrected chi connectivity index (χ2v) is 7.03. The number of benzene rings is 1. The molecule has 6 nitrogen and oxygen atoms in total. The van der Waals surface area contributed by atoms with Gasteiger partial charge in [0, 0.05) is 0 Å². The number of halogens is 3. The smallest absolute Gasteiger partial charge is 0.320 e. The van der Waals surface area contributed by atoms with E-state index in [1.165, 1.54) is 18.2 Å². The Bertz CT molecular complexity index is 922. The Morgan fingerprint density at radius 2 is 1.93 bits per heavy atom. The zero-order valence-corrected chi connectivity index (χ0v) is 15.7. The minimum atomic E-state index is -2.87. The van der Waals surface area contributed by atoms with Crippen LogP contribution in [0.5, 0.6) is 6.01 Å². The monoisotopic (exact) mass is 406 g/mol. The van der Waals surface area contributed by atoms with Crippen LogP contribution in [0.2, 0.25) is 0 Å². The molecule has 29 heavy (non-hydrogen) atoms. The zero-order chi connectivity index (χ0) is 20.2. The highest BCUT2D eigenvalue weighted by Crippen LogP contribution is 2.25. The quantitative estimate of drug-likeness (QED) is 0.588. The van der Waals surface area contributed by atoms with Crippen LogP contribution in [0.4, 0.5) is 13.2 Å². The number of furan rings is 1. The van der Waals surface area contributed by atoms with Gasteiger partial charge in [0.15, 0.2) is 0 Å². The van der Waals surface area contributed by atoms with Crippen LogP contribution in [0.15, 0.2) is 47.1 Å². The first-order valence-corrected chi connectivity index (χ1v) is 9.47. The lowest BCUT2D eigenvalue weighted by Gasteiger charge is -2.31. The number of hydrogen-bond donors (Lipinski definition) is 0. The van der Waals surface area contributed by atoms with Crippen molar-refractivity contribution >= 4 is 0 Å². The average Bonchev–Trinajstić information content (AvgIpc) is 3.38. The third-order valence-corrected chi connectivity index (χ3v) is 4.98. The van der Waals surface area contributed by atoms with Crippen LogP contribution in [0.3, 0.4) is 0 Å². The van der Waals surface area contributed by atoms with Crippen LogP contribution in [0.1, 0.15) is 30.9 Å². The summed E-state index contributed by atoms with van der Waals surface area (Å²) in [5.41, 5.74) is 0.0233. The molecule has 1 saturated heterocycles. The van der Waals surface area contributed by atoms with Crippen molar-refractivity contribution in [3.05, 3.63) is 60.1 Å². The third kappa shape index (κ3) is 4.61. The molecule has 1 aliphatic heterocycles.